The third-order valence-electron chi connectivity index (χ3n) is 7.30. The number of anilines is 3. The maximum Gasteiger partial charge on any atom is 0.418 e. The van der Waals surface area contributed by atoms with Gasteiger partial charge in [-0.25, -0.2) is 14.8 Å². The molecule has 0 bridgehead atoms. The number of hydrogen-bond donors (Lipinski definition) is 7. The molecule has 47 heavy (non-hydrogen) atoms. The van der Waals surface area contributed by atoms with Gasteiger partial charge in [0.15, 0.2) is 10.8 Å². The van der Waals surface area contributed by atoms with Crippen LogP contribution in [0.2, 0.25) is 0 Å². The first-order valence-corrected chi connectivity index (χ1v) is 16.1. The van der Waals surface area contributed by atoms with Gasteiger partial charge in [-0.15, -0.1) is 15.6 Å². The highest BCUT2D eigenvalue weighted by molar-refractivity contribution is 7.80. The second-order valence-corrected chi connectivity index (χ2v) is 13.0. The summed E-state index contributed by atoms with van der Waals surface area (Å²) in [6.45, 7) is 4.80. The van der Waals surface area contributed by atoms with E-state index in [1.807, 2.05) is 0 Å². The van der Waals surface area contributed by atoms with Crippen molar-refractivity contribution in [2.75, 3.05) is 43.0 Å². The number of hydrogen-bond acceptors (Lipinski definition) is 16. The van der Waals surface area contributed by atoms with Crippen LogP contribution in [0.3, 0.4) is 0 Å². The fourth-order valence-corrected chi connectivity index (χ4v) is 5.61. The van der Waals surface area contributed by atoms with Crippen molar-refractivity contribution in [3.05, 3.63) is 35.3 Å². The highest BCUT2D eigenvalue weighted by atomic mass is 32.3. The van der Waals surface area contributed by atoms with Gasteiger partial charge in [-0.05, 0) is 32.0 Å². The summed E-state index contributed by atoms with van der Waals surface area (Å²) in [4.78, 5) is 51.5. The maximum atomic E-state index is 13.2. The van der Waals surface area contributed by atoms with Crippen LogP contribution in [0.1, 0.15) is 19.5 Å². The number of aromatic nitrogens is 2. The molecule has 2 aliphatic rings. The van der Waals surface area contributed by atoms with Crippen molar-refractivity contribution < 1.29 is 46.3 Å². The van der Waals surface area contributed by atoms with Crippen molar-refractivity contribution in [2.24, 2.45) is 11.1 Å². The summed E-state index contributed by atoms with van der Waals surface area (Å²) in [5.41, 5.74) is 10.9. The largest absolute Gasteiger partial charge is 0.489 e. The van der Waals surface area contributed by atoms with Crippen molar-refractivity contribution >= 4 is 72.8 Å². The predicted octanol–water partition coefficient (Wildman–Crippen LogP) is -0.420. The van der Waals surface area contributed by atoms with Gasteiger partial charge in [0.1, 0.15) is 29.9 Å². The van der Waals surface area contributed by atoms with Gasteiger partial charge < -0.3 is 42.1 Å². The van der Waals surface area contributed by atoms with Gasteiger partial charge >= 0.3 is 16.4 Å². The second-order valence-electron chi connectivity index (χ2n) is 11.1. The minimum absolute atomic E-state index is 0.0510. The van der Waals surface area contributed by atoms with Crippen LogP contribution in [0.5, 0.6) is 5.75 Å². The first kappa shape index (κ1) is 33.5. The summed E-state index contributed by atoms with van der Waals surface area (Å²) in [5.74, 6) is -2.10. The number of benzene rings is 1. The molecule has 1 aromatic carbocycles. The summed E-state index contributed by atoms with van der Waals surface area (Å²) < 4.78 is 41.1. The van der Waals surface area contributed by atoms with Crippen LogP contribution in [0.15, 0.2) is 34.8 Å². The van der Waals surface area contributed by atoms with Crippen molar-refractivity contribution in [1.29, 1.82) is 0 Å². The zero-order chi connectivity index (χ0) is 34.1. The lowest BCUT2D eigenvalue weighted by Gasteiger charge is -2.50. The Morgan fingerprint density at radius 1 is 1.26 bits per heavy atom. The predicted molar refractivity (Wildman–Crippen MR) is 168 cm³/mol. The molecule has 0 radical (unpaired) electrons. The lowest BCUT2D eigenvalue weighted by molar-refractivity contribution is -0.218. The van der Waals surface area contributed by atoms with Gasteiger partial charge in [-0.2, -0.15) is 13.5 Å². The summed E-state index contributed by atoms with van der Waals surface area (Å²) in [5, 5.41) is 24.7. The third-order valence-corrected chi connectivity index (χ3v) is 8.31. The minimum atomic E-state index is -5.02. The van der Waals surface area contributed by atoms with Gasteiger partial charge in [-0.3, -0.25) is 14.1 Å². The van der Waals surface area contributed by atoms with E-state index in [1.54, 1.807) is 24.3 Å². The Hall–Kier alpha value is -4.83. The number of nitrogens with zero attached hydrogens (tertiary/aromatic N) is 4. The molecular weight excluding hydrogens is 662 g/mol. The minimum Gasteiger partial charge on any atom is -0.489 e. The zero-order valence-corrected chi connectivity index (χ0v) is 26.5. The van der Waals surface area contributed by atoms with Crippen LogP contribution in [-0.2, 0) is 33.9 Å². The number of carbonyl (C=O) groups is 3. The smallest absolute Gasteiger partial charge is 0.418 e. The van der Waals surface area contributed by atoms with E-state index in [1.165, 1.54) is 19.2 Å². The molecule has 4 heterocycles. The number of carbonyl (C=O) groups excluding carboxylic acids is 2. The molecule has 19 nitrogen and oxygen atoms in total. The molecule has 252 valence electrons. The maximum absolute atomic E-state index is 13.2. The Morgan fingerprint density at radius 3 is 2.60 bits per heavy atom. The number of nitrogen functional groups attached to an aromatic ring is 2. The molecular formula is C26H31N9O10S2. The number of oxime groups is 1. The normalized spacial score (nSPS) is 18.6. The van der Waals surface area contributed by atoms with E-state index in [4.69, 9.17) is 25.6 Å². The Labute approximate surface area is 271 Å². The van der Waals surface area contributed by atoms with E-state index < -0.39 is 58.2 Å². The molecule has 5 rings (SSSR count). The quantitative estimate of drug-likeness (QED) is 0.0488. The second kappa shape index (κ2) is 13.1. The van der Waals surface area contributed by atoms with E-state index in [9.17, 15) is 27.9 Å². The summed E-state index contributed by atoms with van der Waals surface area (Å²) in [6.07, 6.45) is -1.71. The Balaban J connectivity index is 1.27. The Kier molecular flexibility index (Phi) is 9.36. The number of nitrogens with two attached hydrogens (primary N) is 2. The monoisotopic (exact) mass is 693 g/mol. The standard InChI is InChI=1S/C26H31N9O10S2/c1-26(2)21(23(37)35(26)45-47(40,41)42)33-22(36)20(17-11-46-25(28)32-17)34-44-18(24(38)39)10-43-13-3-4-16-14(5-13)15(27)6-19(31-16)30-9-12-7-29-8-12/h3-6,11-12,18,21,29H,7-10H2,1-2H3,(H2,28,32)(H,33,36)(H,38,39)(H3,27,30,31)(H,40,41,42)/b34-20-/t18?,21-/m1/s1. The first-order chi connectivity index (χ1) is 22.1. The topological polar surface area (TPSA) is 283 Å². The molecule has 2 saturated heterocycles. The number of fused-ring (bicyclic) bond motifs is 1. The van der Waals surface area contributed by atoms with E-state index >= 15 is 0 Å². The summed E-state index contributed by atoms with van der Waals surface area (Å²) in [7, 11) is -5.02. The molecule has 2 atom stereocenters. The van der Waals surface area contributed by atoms with Gasteiger partial charge in [0.25, 0.3) is 17.9 Å². The number of aliphatic carboxylic acids is 1. The number of ether oxygens (including phenoxy) is 1. The van der Waals surface area contributed by atoms with Crippen LogP contribution >= 0.6 is 11.3 Å². The van der Waals surface area contributed by atoms with Crippen LogP contribution in [0.25, 0.3) is 10.9 Å². The van der Waals surface area contributed by atoms with Crippen LogP contribution < -0.4 is 32.2 Å². The first-order valence-electron chi connectivity index (χ1n) is 13.9. The zero-order valence-electron chi connectivity index (χ0n) is 24.9. The Morgan fingerprint density at radius 2 is 2.00 bits per heavy atom. The third kappa shape index (κ3) is 7.60. The number of carboxylic acids is 1. The van der Waals surface area contributed by atoms with Crippen LogP contribution in [0.4, 0.5) is 16.6 Å². The fraction of sp³-hybridized carbons (Fsp3) is 0.385. The number of pyridine rings is 1. The van der Waals surface area contributed by atoms with Gasteiger partial charge in [0, 0.05) is 48.1 Å². The molecule has 2 aromatic heterocycles. The highest BCUT2D eigenvalue weighted by Crippen LogP contribution is 2.33. The summed E-state index contributed by atoms with van der Waals surface area (Å²) >= 11 is 0.952. The van der Waals surface area contributed by atoms with Crippen molar-refractivity contribution in [3.63, 3.8) is 0 Å². The molecule has 2 fully saturated rings. The average Bonchev–Trinajstić information content (AvgIpc) is 3.40. The molecule has 0 spiro atoms. The van der Waals surface area contributed by atoms with Crippen molar-refractivity contribution in [3.8, 4) is 5.75 Å². The van der Waals surface area contributed by atoms with Crippen molar-refractivity contribution in [2.45, 2.75) is 31.5 Å². The Bertz CT molecular complexity index is 1850. The van der Waals surface area contributed by atoms with E-state index in [2.05, 4.69) is 35.4 Å². The van der Waals surface area contributed by atoms with Gasteiger partial charge in [0.05, 0.1) is 11.1 Å². The summed E-state index contributed by atoms with van der Waals surface area (Å²) in [6, 6.07) is 5.22. The molecule has 0 saturated carbocycles. The molecule has 21 heteroatoms. The fourth-order valence-electron chi connectivity index (χ4n) is 4.61. The lowest BCUT2D eigenvalue weighted by atomic mass is 9.84. The number of β-lactam (4-membered cyclic amide) rings is 1. The van der Waals surface area contributed by atoms with Gasteiger partial charge in [-0.1, -0.05) is 5.16 Å². The molecule has 3 aromatic rings. The number of amides is 2. The molecule has 1 unspecified atom stereocenters. The lowest BCUT2D eigenvalue weighted by Crippen LogP contribution is -2.76. The number of carboxylic acid groups (broad SMARTS) is 1. The van der Waals surface area contributed by atoms with Crippen LogP contribution in [0, 0.1) is 5.92 Å². The molecule has 2 aliphatic heterocycles. The van der Waals surface area contributed by atoms with Gasteiger partial charge in [0.2, 0.25) is 0 Å². The van der Waals surface area contributed by atoms with E-state index in [0.29, 0.717) is 33.4 Å². The molecule has 0 aliphatic carbocycles. The number of thiazole rings is 1. The molecule has 2 amide bonds. The van der Waals surface area contributed by atoms with E-state index in [0.717, 1.165) is 31.0 Å². The highest BCUT2D eigenvalue weighted by Gasteiger charge is 2.58. The average molecular weight is 694 g/mol. The van der Waals surface area contributed by atoms with E-state index in [-0.39, 0.29) is 16.6 Å². The number of nitrogens with one attached hydrogen (secondary N) is 3. The SMILES string of the molecule is CC1(C)[C@H](NC(=O)/C(=N\OC(COc2ccc3nc(NCC4CNC4)cc(N)c3c2)C(=O)O)c2csc(N)n2)C(=O)N1OS(=O)(=O)O. The number of hydroxylamine groups is 2. The molecule has 9 N–H and O–H groups in total. The van der Waals surface area contributed by atoms with Crippen molar-refractivity contribution in [1.82, 2.24) is 25.7 Å². The number of rotatable bonds is 14. The van der Waals surface area contributed by atoms with Crippen LogP contribution in [-0.4, -0.2) is 101 Å².